The smallest absolute Gasteiger partial charge is 0.416 e. The SMILES string of the molecule is C[C@H]1Cc2ccc(C(F)(F)F)cc2SN(C[C@@H](O)[C@H](Cc2ccccc2)NC(=O)OC(C)(C)C)C1. The first-order valence-electron chi connectivity index (χ1n) is 11.6. The third-order valence-corrected chi connectivity index (χ3v) is 6.69. The van der Waals surface area contributed by atoms with Crippen molar-refractivity contribution < 1.29 is 27.8 Å². The van der Waals surface area contributed by atoms with Crippen LogP contribution < -0.4 is 5.32 Å². The zero-order valence-electron chi connectivity index (χ0n) is 20.4. The molecular formula is C26H33F3N2O3S. The van der Waals surface area contributed by atoms with E-state index in [0.717, 1.165) is 17.2 Å². The van der Waals surface area contributed by atoms with E-state index >= 15 is 0 Å². The van der Waals surface area contributed by atoms with Gasteiger partial charge in [0.05, 0.1) is 17.7 Å². The molecule has 0 saturated heterocycles. The quantitative estimate of drug-likeness (QED) is 0.488. The van der Waals surface area contributed by atoms with Crippen LogP contribution in [-0.2, 0) is 23.8 Å². The van der Waals surface area contributed by atoms with E-state index in [1.807, 2.05) is 41.6 Å². The van der Waals surface area contributed by atoms with E-state index in [1.165, 1.54) is 18.0 Å². The van der Waals surface area contributed by atoms with Crippen molar-refractivity contribution in [3.05, 3.63) is 65.2 Å². The number of carbonyl (C=O) groups is 1. The van der Waals surface area contributed by atoms with Gasteiger partial charge in [-0.05, 0) is 74.7 Å². The van der Waals surface area contributed by atoms with Crippen molar-refractivity contribution >= 4 is 18.0 Å². The average Bonchev–Trinajstić information content (AvgIpc) is 2.88. The van der Waals surface area contributed by atoms with Crippen LogP contribution in [-0.4, -0.2) is 46.3 Å². The molecule has 1 heterocycles. The first-order valence-corrected chi connectivity index (χ1v) is 12.4. The predicted octanol–water partition coefficient (Wildman–Crippen LogP) is 5.70. The molecule has 0 saturated carbocycles. The molecule has 0 fully saturated rings. The molecule has 0 unspecified atom stereocenters. The highest BCUT2D eigenvalue weighted by atomic mass is 32.2. The number of β-amino-alcohol motifs (C(OH)–C–C–N with tert-alkyl or cyclic N) is 1. The maximum atomic E-state index is 13.3. The molecule has 2 N–H and O–H groups in total. The number of ether oxygens (including phenoxy) is 1. The zero-order valence-corrected chi connectivity index (χ0v) is 21.2. The van der Waals surface area contributed by atoms with E-state index < -0.39 is 35.6 Å². The summed E-state index contributed by atoms with van der Waals surface area (Å²) in [6.45, 7) is 8.07. The fourth-order valence-electron chi connectivity index (χ4n) is 4.01. The standard InChI is InChI=1S/C26H33F3N2O3S/c1-17-12-19-10-11-20(26(27,28)29)14-23(19)35-31(15-17)16-22(32)21(13-18-8-6-5-7-9-18)30-24(33)34-25(2,3)4/h5-11,14,17,21-22,32H,12-13,15-16H2,1-4H3,(H,30,33)/t17-,21-,22+/m0/s1. The van der Waals surface area contributed by atoms with Gasteiger partial charge < -0.3 is 15.2 Å². The molecule has 35 heavy (non-hydrogen) atoms. The van der Waals surface area contributed by atoms with Gasteiger partial charge in [-0.15, -0.1) is 0 Å². The second-order valence-electron chi connectivity index (χ2n) is 10.1. The number of rotatable bonds is 6. The third kappa shape index (κ3) is 8.44. The van der Waals surface area contributed by atoms with Gasteiger partial charge in [0.15, 0.2) is 0 Å². The maximum Gasteiger partial charge on any atom is 0.416 e. The molecule has 0 radical (unpaired) electrons. The molecule has 0 aromatic heterocycles. The van der Waals surface area contributed by atoms with Crippen LogP contribution in [0.4, 0.5) is 18.0 Å². The fraction of sp³-hybridized carbons (Fsp3) is 0.500. The Hall–Kier alpha value is -2.23. The van der Waals surface area contributed by atoms with Gasteiger partial charge >= 0.3 is 12.3 Å². The number of aliphatic hydroxyl groups is 1. The summed E-state index contributed by atoms with van der Waals surface area (Å²) < 4.78 is 47.1. The Morgan fingerprint density at radius 3 is 2.51 bits per heavy atom. The number of fused-ring (bicyclic) bond motifs is 1. The van der Waals surface area contributed by atoms with Crippen molar-refractivity contribution in [2.24, 2.45) is 5.92 Å². The number of nitrogens with one attached hydrogen (secondary N) is 1. The number of alkyl carbamates (subject to hydrolysis) is 1. The lowest BCUT2D eigenvalue weighted by Gasteiger charge is -2.30. The Morgan fingerprint density at radius 2 is 1.89 bits per heavy atom. The van der Waals surface area contributed by atoms with Crippen LogP contribution in [0.5, 0.6) is 0 Å². The van der Waals surface area contributed by atoms with Crippen molar-refractivity contribution in [2.45, 2.75) is 69.4 Å². The summed E-state index contributed by atoms with van der Waals surface area (Å²) in [7, 11) is 0. The minimum Gasteiger partial charge on any atom is -0.444 e. The van der Waals surface area contributed by atoms with Crippen LogP contribution >= 0.6 is 11.9 Å². The van der Waals surface area contributed by atoms with Crippen LogP contribution in [0.1, 0.15) is 44.4 Å². The number of carbonyl (C=O) groups excluding carboxylic acids is 1. The molecule has 1 aliphatic heterocycles. The lowest BCUT2D eigenvalue weighted by atomic mass is 9.99. The minimum atomic E-state index is -4.42. The average molecular weight is 511 g/mol. The van der Waals surface area contributed by atoms with Gasteiger partial charge in [0, 0.05) is 18.0 Å². The lowest BCUT2D eigenvalue weighted by Crippen LogP contribution is -2.50. The second kappa shape index (κ2) is 11.2. The van der Waals surface area contributed by atoms with E-state index in [-0.39, 0.29) is 12.5 Å². The summed E-state index contributed by atoms with van der Waals surface area (Å²) in [6, 6.07) is 12.7. The number of aliphatic hydroxyl groups excluding tert-OH is 1. The predicted molar refractivity (Wildman–Crippen MR) is 131 cm³/mol. The third-order valence-electron chi connectivity index (χ3n) is 5.56. The summed E-state index contributed by atoms with van der Waals surface area (Å²) in [4.78, 5) is 13.0. The highest BCUT2D eigenvalue weighted by Gasteiger charge is 2.33. The first-order chi connectivity index (χ1) is 16.3. The van der Waals surface area contributed by atoms with Crippen LogP contribution in [0.15, 0.2) is 53.4 Å². The van der Waals surface area contributed by atoms with E-state index in [4.69, 9.17) is 4.74 Å². The summed E-state index contributed by atoms with van der Waals surface area (Å²) >= 11 is 1.22. The number of halogens is 3. The molecule has 0 aliphatic carbocycles. The number of hydrogen-bond acceptors (Lipinski definition) is 5. The van der Waals surface area contributed by atoms with Crippen molar-refractivity contribution in [1.29, 1.82) is 0 Å². The Bertz CT molecular complexity index is 996. The Kier molecular flexibility index (Phi) is 8.77. The van der Waals surface area contributed by atoms with Gasteiger partial charge in [-0.2, -0.15) is 13.2 Å². The summed E-state index contributed by atoms with van der Waals surface area (Å²) in [6.07, 6.45) is -5.00. The van der Waals surface area contributed by atoms with Crippen LogP contribution in [0.25, 0.3) is 0 Å². The Labute approximate surface area is 209 Å². The number of nitrogens with zero attached hydrogens (tertiary/aromatic N) is 1. The molecule has 2 aromatic carbocycles. The number of amides is 1. The number of benzene rings is 2. The van der Waals surface area contributed by atoms with Crippen LogP contribution in [0, 0.1) is 5.92 Å². The highest BCUT2D eigenvalue weighted by molar-refractivity contribution is 7.97. The van der Waals surface area contributed by atoms with Crippen molar-refractivity contribution in [3.8, 4) is 0 Å². The molecule has 0 bridgehead atoms. The molecule has 0 spiro atoms. The first kappa shape index (κ1) is 27.4. The van der Waals surface area contributed by atoms with E-state index in [9.17, 15) is 23.1 Å². The lowest BCUT2D eigenvalue weighted by molar-refractivity contribution is -0.137. The molecule has 9 heteroatoms. The van der Waals surface area contributed by atoms with Gasteiger partial charge in [-0.25, -0.2) is 9.10 Å². The topological polar surface area (TPSA) is 61.8 Å². The van der Waals surface area contributed by atoms with E-state index in [2.05, 4.69) is 5.32 Å². The normalized spacial score (nSPS) is 18.8. The molecular weight excluding hydrogens is 477 g/mol. The Balaban J connectivity index is 1.78. The minimum absolute atomic E-state index is 0.165. The monoisotopic (exact) mass is 510 g/mol. The second-order valence-corrected chi connectivity index (χ2v) is 11.2. The summed E-state index contributed by atoms with van der Waals surface area (Å²) in [5.41, 5.74) is 0.416. The Morgan fingerprint density at radius 1 is 1.20 bits per heavy atom. The fourth-order valence-corrected chi connectivity index (χ4v) is 5.29. The number of alkyl halides is 3. The van der Waals surface area contributed by atoms with Gasteiger partial charge in [-0.3, -0.25) is 0 Å². The van der Waals surface area contributed by atoms with Gasteiger partial charge in [0.25, 0.3) is 0 Å². The maximum absolute atomic E-state index is 13.3. The van der Waals surface area contributed by atoms with Crippen molar-refractivity contribution in [1.82, 2.24) is 9.62 Å². The van der Waals surface area contributed by atoms with Gasteiger partial charge in [0.1, 0.15) is 5.60 Å². The molecule has 3 atom stereocenters. The van der Waals surface area contributed by atoms with Gasteiger partial charge in [0.2, 0.25) is 0 Å². The van der Waals surface area contributed by atoms with Crippen molar-refractivity contribution in [2.75, 3.05) is 13.1 Å². The van der Waals surface area contributed by atoms with Crippen LogP contribution in [0.3, 0.4) is 0 Å². The van der Waals surface area contributed by atoms with Crippen LogP contribution in [0.2, 0.25) is 0 Å². The van der Waals surface area contributed by atoms with E-state index in [0.29, 0.717) is 24.3 Å². The molecule has 2 aromatic rings. The molecule has 5 nitrogen and oxygen atoms in total. The molecule has 3 rings (SSSR count). The van der Waals surface area contributed by atoms with Gasteiger partial charge in [-0.1, -0.05) is 43.3 Å². The largest absolute Gasteiger partial charge is 0.444 e. The van der Waals surface area contributed by atoms with E-state index in [1.54, 1.807) is 26.8 Å². The molecule has 1 amide bonds. The highest BCUT2D eigenvalue weighted by Crippen LogP contribution is 2.38. The summed E-state index contributed by atoms with van der Waals surface area (Å²) in [5.74, 6) is 0.180. The van der Waals surface area contributed by atoms with Crippen molar-refractivity contribution in [3.63, 3.8) is 0 Å². The molecule has 1 aliphatic rings. The zero-order chi connectivity index (χ0) is 25.8. The molecule has 192 valence electrons. The summed E-state index contributed by atoms with van der Waals surface area (Å²) in [5, 5.41) is 14.0. The number of hydrogen-bond donors (Lipinski definition) is 2.